The summed E-state index contributed by atoms with van der Waals surface area (Å²) in [6, 6.07) is 12.5. The Balaban J connectivity index is 1.63. The number of aliphatic hydroxyl groups excluding tert-OH is 1. The minimum atomic E-state index is -0.740. The zero-order chi connectivity index (χ0) is 24.8. The van der Waals surface area contributed by atoms with Crippen molar-refractivity contribution in [3.8, 4) is 11.5 Å². The zero-order valence-corrected chi connectivity index (χ0v) is 20.0. The number of phenols is 1. The number of hydrogen-bond acceptors (Lipinski definition) is 7. The molecule has 8 heteroatoms. The molecule has 2 aliphatic rings. The summed E-state index contributed by atoms with van der Waals surface area (Å²) in [5.41, 5.74) is 1.14. The van der Waals surface area contributed by atoms with Gasteiger partial charge < -0.3 is 24.6 Å². The first kappa shape index (κ1) is 24.8. The van der Waals surface area contributed by atoms with Gasteiger partial charge in [-0.2, -0.15) is 0 Å². The van der Waals surface area contributed by atoms with Crippen molar-refractivity contribution in [3.05, 3.63) is 65.2 Å². The molecule has 2 aromatic rings. The van der Waals surface area contributed by atoms with Gasteiger partial charge in [-0.15, -0.1) is 0 Å². The summed E-state index contributed by atoms with van der Waals surface area (Å²) in [6.07, 6.45) is 1.56. The Labute approximate surface area is 205 Å². The standard InChI is InChI=1S/C27H32N2O6/c1-2-16-35-22-10-6-20(7-11-22)25(31)23-24(19-4-8-21(30)9-5-19)29(27(33)26(23)32)13-3-12-28-14-17-34-18-15-28/h4-11,24,30-31H,2-3,12-18H2,1H3. The predicted octanol–water partition coefficient (Wildman–Crippen LogP) is 3.33. The fourth-order valence-electron chi connectivity index (χ4n) is 4.49. The lowest BCUT2D eigenvalue weighted by Gasteiger charge is -2.29. The van der Waals surface area contributed by atoms with Crippen LogP contribution in [0.1, 0.15) is 36.9 Å². The molecule has 0 spiro atoms. The van der Waals surface area contributed by atoms with Gasteiger partial charge in [-0.1, -0.05) is 19.1 Å². The monoisotopic (exact) mass is 480 g/mol. The second-order valence-corrected chi connectivity index (χ2v) is 8.76. The van der Waals surface area contributed by atoms with Crippen LogP contribution >= 0.6 is 0 Å². The van der Waals surface area contributed by atoms with E-state index in [0.29, 0.717) is 49.7 Å². The highest BCUT2D eigenvalue weighted by atomic mass is 16.5. The number of aromatic hydroxyl groups is 1. The van der Waals surface area contributed by atoms with E-state index < -0.39 is 17.7 Å². The third-order valence-electron chi connectivity index (χ3n) is 6.33. The minimum absolute atomic E-state index is 0.0503. The van der Waals surface area contributed by atoms with Crippen LogP contribution < -0.4 is 4.74 Å². The van der Waals surface area contributed by atoms with Crippen molar-refractivity contribution in [3.63, 3.8) is 0 Å². The molecule has 8 nitrogen and oxygen atoms in total. The number of Topliss-reactive ketones (excluding diaryl/α,β-unsaturated/α-hetero) is 1. The van der Waals surface area contributed by atoms with Crippen LogP contribution in [0.3, 0.4) is 0 Å². The number of morpholine rings is 1. The number of ketones is 1. The Hall–Kier alpha value is -3.36. The summed E-state index contributed by atoms with van der Waals surface area (Å²) in [7, 11) is 0. The first-order valence-corrected chi connectivity index (χ1v) is 12.1. The van der Waals surface area contributed by atoms with Crippen LogP contribution in [0, 0.1) is 0 Å². The van der Waals surface area contributed by atoms with Gasteiger partial charge in [0.15, 0.2) is 0 Å². The highest BCUT2D eigenvalue weighted by molar-refractivity contribution is 6.46. The Kier molecular flexibility index (Phi) is 8.05. The lowest BCUT2D eigenvalue weighted by molar-refractivity contribution is -0.140. The van der Waals surface area contributed by atoms with E-state index in [1.54, 1.807) is 36.4 Å². The molecular weight excluding hydrogens is 448 g/mol. The Morgan fingerprint density at radius 3 is 2.37 bits per heavy atom. The molecule has 2 heterocycles. The van der Waals surface area contributed by atoms with Gasteiger partial charge in [-0.05, 0) is 54.8 Å². The third kappa shape index (κ3) is 5.66. The molecule has 2 aliphatic heterocycles. The number of carbonyl (C=O) groups is 2. The van der Waals surface area contributed by atoms with E-state index in [2.05, 4.69) is 4.90 Å². The molecule has 1 unspecified atom stereocenters. The van der Waals surface area contributed by atoms with E-state index in [-0.39, 0.29) is 17.1 Å². The maximum atomic E-state index is 13.1. The summed E-state index contributed by atoms with van der Waals surface area (Å²) in [4.78, 5) is 30.0. The molecule has 2 aromatic carbocycles. The fourth-order valence-corrected chi connectivity index (χ4v) is 4.49. The summed E-state index contributed by atoms with van der Waals surface area (Å²) < 4.78 is 11.0. The van der Waals surface area contributed by atoms with Crippen LogP contribution in [0.2, 0.25) is 0 Å². The molecule has 2 saturated heterocycles. The first-order chi connectivity index (χ1) is 17.0. The smallest absolute Gasteiger partial charge is 0.295 e. The van der Waals surface area contributed by atoms with Gasteiger partial charge in [-0.3, -0.25) is 14.5 Å². The quantitative estimate of drug-likeness (QED) is 0.323. The first-order valence-electron chi connectivity index (χ1n) is 12.1. The fraction of sp³-hybridized carbons (Fsp3) is 0.407. The molecule has 186 valence electrons. The maximum Gasteiger partial charge on any atom is 0.295 e. The second-order valence-electron chi connectivity index (χ2n) is 8.76. The lowest BCUT2D eigenvalue weighted by Crippen LogP contribution is -2.38. The van der Waals surface area contributed by atoms with E-state index in [1.807, 2.05) is 6.92 Å². The Morgan fingerprint density at radius 1 is 1.03 bits per heavy atom. The molecule has 0 aliphatic carbocycles. The maximum absolute atomic E-state index is 13.1. The van der Waals surface area contributed by atoms with Gasteiger partial charge in [-0.25, -0.2) is 0 Å². The SMILES string of the molecule is CCCOc1ccc(C(O)=C2C(=O)C(=O)N(CCCN3CCOCC3)C2c2ccc(O)cc2)cc1. The molecule has 1 atom stereocenters. The van der Waals surface area contributed by atoms with Crippen LogP contribution in [0.25, 0.3) is 5.76 Å². The number of aliphatic hydroxyl groups is 1. The van der Waals surface area contributed by atoms with Crippen molar-refractivity contribution >= 4 is 17.4 Å². The summed E-state index contributed by atoms with van der Waals surface area (Å²) in [5.74, 6) is -0.811. The molecule has 0 bridgehead atoms. The highest BCUT2D eigenvalue weighted by Gasteiger charge is 2.45. The van der Waals surface area contributed by atoms with E-state index in [4.69, 9.17) is 9.47 Å². The normalized spacial score (nSPS) is 20.4. The van der Waals surface area contributed by atoms with E-state index in [1.165, 1.54) is 17.0 Å². The lowest BCUT2D eigenvalue weighted by atomic mass is 9.95. The van der Waals surface area contributed by atoms with Crippen LogP contribution in [0.4, 0.5) is 0 Å². The molecule has 2 fully saturated rings. The Morgan fingerprint density at radius 2 is 1.71 bits per heavy atom. The number of nitrogens with zero attached hydrogens (tertiary/aromatic N) is 2. The third-order valence-corrected chi connectivity index (χ3v) is 6.33. The highest BCUT2D eigenvalue weighted by Crippen LogP contribution is 2.40. The van der Waals surface area contributed by atoms with Crippen molar-refractivity contribution in [2.75, 3.05) is 46.0 Å². The number of likely N-dealkylation sites (tertiary alicyclic amines) is 1. The van der Waals surface area contributed by atoms with Crippen LogP contribution in [-0.2, 0) is 14.3 Å². The van der Waals surface area contributed by atoms with Crippen LogP contribution in [0.5, 0.6) is 11.5 Å². The van der Waals surface area contributed by atoms with Crippen molar-refractivity contribution in [2.45, 2.75) is 25.8 Å². The van der Waals surface area contributed by atoms with Gasteiger partial charge >= 0.3 is 0 Å². The molecule has 0 saturated carbocycles. The molecule has 0 radical (unpaired) electrons. The second kappa shape index (κ2) is 11.4. The van der Waals surface area contributed by atoms with Gasteiger partial charge in [0.2, 0.25) is 0 Å². The van der Waals surface area contributed by atoms with Gasteiger partial charge in [0.1, 0.15) is 17.3 Å². The predicted molar refractivity (Wildman–Crippen MR) is 131 cm³/mol. The number of carbonyl (C=O) groups excluding carboxylic acids is 2. The molecule has 2 N–H and O–H groups in total. The van der Waals surface area contributed by atoms with Gasteiger partial charge in [0.05, 0.1) is 31.4 Å². The van der Waals surface area contributed by atoms with Crippen molar-refractivity contribution < 1.29 is 29.3 Å². The van der Waals surface area contributed by atoms with Crippen molar-refractivity contribution in [2.24, 2.45) is 0 Å². The number of amides is 1. The zero-order valence-electron chi connectivity index (χ0n) is 20.0. The molecule has 35 heavy (non-hydrogen) atoms. The number of rotatable bonds is 9. The van der Waals surface area contributed by atoms with Crippen LogP contribution in [-0.4, -0.2) is 77.7 Å². The summed E-state index contributed by atoms with van der Waals surface area (Å²) in [6.45, 7) is 6.84. The van der Waals surface area contributed by atoms with E-state index in [9.17, 15) is 19.8 Å². The number of ether oxygens (including phenoxy) is 2. The molecule has 4 rings (SSSR count). The molecule has 0 aromatic heterocycles. The Bertz CT molecular complexity index is 1060. The topological polar surface area (TPSA) is 99.5 Å². The van der Waals surface area contributed by atoms with Crippen molar-refractivity contribution in [1.29, 1.82) is 0 Å². The largest absolute Gasteiger partial charge is 0.508 e. The number of benzene rings is 2. The minimum Gasteiger partial charge on any atom is -0.508 e. The van der Waals surface area contributed by atoms with Crippen LogP contribution in [0.15, 0.2) is 54.1 Å². The average molecular weight is 481 g/mol. The van der Waals surface area contributed by atoms with Gasteiger partial charge in [0.25, 0.3) is 11.7 Å². The van der Waals surface area contributed by atoms with Gasteiger partial charge in [0, 0.05) is 31.7 Å². The number of phenolic OH excluding ortho intramolecular Hbond substituents is 1. The summed E-state index contributed by atoms with van der Waals surface area (Å²) in [5, 5.41) is 20.9. The summed E-state index contributed by atoms with van der Waals surface area (Å²) >= 11 is 0. The van der Waals surface area contributed by atoms with E-state index in [0.717, 1.165) is 26.1 Å². The van der Waals surface area contributed by atoms with E-state index >= 15 is 0 Å². The van der Waals surface area contributed by atoms with Crippen molar-refractivity contribution in [1.82, 2.24) is 9.80 Å². The number of hydrogen-bond donors (Lipinski definition) is 2. The molecule has 1 amide bonds. The molecular formula is C27H32N2O6. The average Bonchev–Trinajstić information content (AvgIpc) is 3.13.